The van der Waals surface area contributed by atoms with E-state index in [0.717, 1.165) is 50.6 Å². The Morgan fingerprint density at radius 1 is 0.895 bits per heavy atom. The minimum Gasteiger partial charge on any atom is -0.494 e. The maximum Gasteiger partial charge on any atom is 0.401 e. The summed E-state index contributed by atoms with van der Waals surface area (Å²) in [6, 6.07) is 1.91. The molecule has 0 rings (SSSR count). The molecule has 0 aliphatic heterocycles. The molecule has 0 fully saturated rings. The summed E-state index contributed by atoms with van der Waals surface area (Å²) >= 11 is 0. The lowest BCUT2D eigenvalue weighted by Crippen LogP contribution is -2.44. The van der Waals surface area contributed by atoms with Gasteiger partial charge in [-0.25, -0.2) is 0 Å². The highest BCUT2D eigenvalue weighted by atomic mass is 28.4. The maximum absolute atomic E-state index is 12.0. The quantitative estimate of drug-likeness (QED) is 0.484. The molecule has 0 saturated carbocycles. The van der Waals surface area contributed by atoms with Gasteiger partial charge in [0.1, 0.15) is 0 Å². The van der Waals surface area contributed by atoms with E-state index in [2.05, 4.69) is 20.8 Å². The number of unbranched alkanes of at least 4 members (excludes halogenated alkanes) is 3. The Kier molecular flexibility index (Phi) is 11.3. The Bertz CT molecular complexity index is 223. The van der Waals surface area contributed by atoms with Crippen LogP contribution in [0.25, 0.3) is 0 Å². The average Bonchev–Trinajstić information content (AvgIpc) is 2.41. The Morgan fingerprint density at radius 2 is 1.42 bits per heavy atom. The molecule has 0 aliphatic carbocycles. The largest absolute Gasteiger partial charge is 0.494 e. The van der Waals surface area contributed by atoms with Gasteiger partial charge in [-0.2, -0.15) is 0 Å². The number of hydrogen-bond acceptors (Lipinski definition) is 3. The van der Waals surface area contributed by atoms with Gasteiger partial charge in [0.2, 0.25) is 0 Å². The second-order valence-corrected chi connectivity index (χ2v) is 8.44. The first kappa shape index (κ1) is 18.6. The third kappa shape index (κ3) is 8.42. The van der Waals surface area contributed by atoms with E-state index >= 15 is 0 Å². The Morgan fingerprint density at radius 3 is 1.84 bits per heavy atom. The first-order valence-electron chi connectivity index (χ1n) is 7.99. The van der Waals surface area contributed by atoms with Crippen molar-refractivity contribution in [3.8, 4) is 0 Å². The molecule has 0 spiro atoms. The van der Waals surface area contributed by atoms with Crippen LogP contribution in [0.5, 0.6) is 0 Å². The maximum atomic E-state index is 12.0. The summed E-state index contributed by atoms with van der Waals surface area (Å²) in [6.45, 7) is 9.09. The van der Waals surface area contributed by atoms with Crippen molar-refractivity contribution in [2.45, 2.75) is 84.7 Å². The van der Waals surface area contributed by atoms with Crippen LogP contribution in [0.2, 0.25) is 12.1 Å². The smallest absolute Gasteiger partial charge is 0.401 e. The van der Waals surface area contributed by atoms with Gasteiger partial charge in [0, 0.05) is 25.1 Å². The van der Waals surface area contributed by atoms with Crippen molar-refractivity contribution in [3.63, 3.8) is 0 Å². The van der Waals surface area contributed by atoms with Gasteiger partial charge in [0.15, 0.2) is 0 Å². The molecule has 3 nitrogen and oxygen atoms in total. The number of rotatable bonds is 12. The van der Waals surface area contributed by atoms with Crippen molar-refractivity contribution in [1.82, 2.24) is 0 Å². The van der Waals surface area contributed by atoms with E-state index in [9.17, 15) is 4.79 Å². The van der Waals surface area contributed by atoms with Crippen LogP contribution < -0.4 is 0 Å². The molecular formula is C15H32O3Si. The SMILES string of the molecule is CCCCC(=O)O[Si](CCCC)(CCCC)OCC. The van der Waals surface area contributed by atoms with Crippen molar-refractivity contribution >= 4 is 14.5 Å². The van der Waals surface area contributed by atoms with E-state index in [0.29, 0.717) is 13.0 Å². The number of carbonyl (C=O) groups is 1. The third-order valence-corrected chi connectivity index (χ3v) is 6.91. The Hall–Kier alpha value is -0.353. The Labute approximate surface area is 120 Å². The molecule has 0 N–H and O–H groups in total. The Balaban J connectivity index is 4.60. The zero-order valence-electron chi connectivity index (χ0n) is 13.3. The molecule has 0 heterocycles. The zero-order chi connectivity index (χ0) is 14.6. The lowest BCUT2D eigenvalue weighted by molar-refractivity contribution is -0.137. The lowest BCUT2D eigenvalue weighted by atomic mass is 10.3. The van der Waals surface area contributed by atoms with E-state index in [-0.39, 0.29) is 5.97 Å². The molecule has 0 aromatic rings. The average molecular weight is 289 g/mol. The van der Waals surface area contributed by atoms with E-state index < -0.39 is 8.56 Å². The van der Waals surface area contributed by atoms with Gasteiger partial charge in [-0.1, -0.05) is 52.9 Å². The lowest BCUT2D eigenvalue weighted by Gasteiger charge is -2.30. The summed E-state index contributed by atoms with van der Waals surface area (Å²) in [5.74, 6) is -0.0471. The molecule has 19 heavy (non-hydrogen) atoms. The van der Waals surface area contributed by atoms with E-state index in [1.807, 2.05) is 6.92 Å². The topological polar surface area (TPSA) is 35.5 Å². The first-order chi connectivity index (χ1) is 9.14. The van der Waals surface area contributed by atoms with Crippen LogP contribution in [0.1, 0.15) is 72.6 Å². The minimum atomic E-state index is -2.30. The zero-order valence-corrected chi connectivity index (χ0v) is 14.3. The molecule has 4 heteroatoms. The van der Waals surface area contributed by atoms with Crippen molar-refractivity contribution in [2.75, 3.05) is 6.61 Å². The molecule has 0 aromatic heterocycles. The molecular weight excluding hydrogens is 256 g/mol. The van der Waals surface area contributed by atoms with Crippen molar-refractivity contribution < 1.29 is 13.6 Å². The second-order valence-electron chi connectivity index (χ2n) is 5.13. The summed E-state index contributed by atoms with van der Waals surface area (Å²) < 4.78 is 11.8. The van der Waals surface area contributed by atoms with E-state index in [1.54, 1.807) is 0 Å². The third-order valence-electron chi connectivity index (χ3n) is 3.26. The normalized spacial score (nSPS) is 11.6. The highest BCUT2D eigenvalue weighted by Crippen LogP contribution is 2.25. The van der Waals surface area contributed by atoms with Gasteiger partial charge < -0.3 is 8.85 Å². The van der Waals surface area contributed by atoms with Crippen LogP contribution in [0, 0.1) is 0 Å². The van der Waals surface area contributed by atoms with Gasteiger partial charge in [-0.3, -0.25) is 4.79 Å². The minimum absolute atomic E-state index is 0.0471. The predicted molar refractivity (Wildman–Crippen MR) is 82.4 cm³/mol. The molecule has 0 unspecified atom stereocenters. The summed E-state index contributed by atoms with van der Waals surface area (Å²) in [5.41, 5.74) is 0. The van der Waals surface area contributed by atoms with Gasteiger partial charge in [-0.05, 0) is 13.3 Å². The van der Waals surface area contributed by atoms with Crippen LogP contribution in [0.3, 0.4) is 0 Å². The standard InChI is InChI=1S/C15H32O3Si/c1-5-9-12-15(16)18-19(17-8-4,13-10-6-2)14-11-7-3/h5-14H2,1-4H3. The summed E-state index contributed by atoms with van der Waals surface area (Å²) in [6.07, 6.45) is 6.92. The van der Waals surface area contributed by atoms with Gasteiger partial charge in [0.05, 0.1) is 0 Å². The summed E-state index contributed by atoms with van der Waals surface area (Å²) in [4.78, 5) is 12.0. The van der Waals surface area contributed by atoms with Crippen LogP contribution in [-0.4, -0.2) is 21.1 Å². The summed E-state index contributed by atoms with van der Waals surface area (Å²) in [5, 5.41) is 0. The summed E-state index contributed by atoms with van der Waals surface area (Å²) in [7, 11) is -2.30. The monoisotopic (exact) mass is 288 g/mol. The molecule has 0 bridgehead atoms. The predicted octanol–water partition coefficient (Wildman–Crippen LogP) is 4.80. The van der Waals surface area contributed by atoms with E-state index in [4.69, 9.17) is 8.85 Å². The molecule has 114 valence electrons. The van der Waals surface area contributed by atoms with Crippen molar-refractivity contribution in [3.05, 3.63) is 0 Å². The molecule has 0 aromatic carbocycles. The fraction of sp³-hybridized carbons (Fsp3) is 0.933. The molecule has 0 aliphatic rings. The highest BCUT2D eigenvalue weighted by Gasteiger charge is 2.39. The fourth-order valence-electron chi connectivity index (χ4n) is 2.14. The van der Waals surface area contributed by atoms with E-state index in [1.165, 1.54) is 0 Å². The molecule has 0 saturated heterocycles. The fourth-order valence-corrected chi connectivity index (χ4v) is 5.77. The van der Waals surface area contributed by atoms with Gasteiger partial charge in [-0.15, -0.1) is 0 Å². The van der Waals surface area contributed by atoms with Crippen molar-refractivity contribution in [1.29, 1.82) is 0 Å². The molecule has 0 amide bonds. The van der Waals surface area contributed by atoms with Gasteiger partial charge in [0.25, 0.3) is 5.97 Å². The van der Waals surface area contributed by atoms with Crippen LogP contribution >= 0.6 is 0 Å². The molecule has 0 radical (unpaired) electrons. The molecule has 0 atom stereocenters. The van der Waals surface area contributed by atoms with Gasteiger partial charge >= 0.3 is 8.56 Å². The van der Waals surface area contributed by atoms with Crippen LogP contribution in [-0.2, 0) is 13.6 Å². The number of hydrogen-bond donors (Lipinski definition) is 0. The van der Waals surface area contributed by atoms with Crippen LogP contribution in [0.4, 0.5) is 0 Å². The second kappa shape index (κ2) is 11.5. The highest BCUT2D eigenvalue weighted by molar-refractivity contribution is 6.69. The number of carbonyl (C=O) groups excluding carboxylic acids is 1. The van der Waals surface area contributed by atoms with Crippen LogP contribution in [0.15, 0.2) is 0 Å². The first-order valence-corrected chi connectivity index (χ1v) is 10.2. The van der Waals surface area contributed by atoms with Crippen molar-refractivity contribution in [2.24, 2.45) is 0 Å².